The molecule has 1 saturated heterocycles. The Morgan fingerprint density at radius 1 is 1.27 bits per heavy atom. The molecule has 33 heavy (non-hydrogen) atoms. The number of hydrogen-bond acceptors (Lipinski definition) is 5. The molecule has 1 fully saturated rings. The molecule has 2 heterocycles. The molecule has 2 N–H and O–H groups in total. The van der Waals surface area contributed by atoms with Gasteiger partial charge < -0.3 is 10.1 Å². The lowest BCUT2D eigenvalue weighted by Crippen LogP contribution is -2.42. The fraction of sp³-hybridized carbons (Fsp3) is 0.545. The number of anilines is 2. The van der Waals surface area contributed by atoms with E-state index in [2.05, 4.69) is 10.4 Å². The zero-order valence-electron chi connectivity index (χ0n) is 19.5. The fourth-order valence-electron chi connectivity index (χ4n) is 3.67. The minimum Gasteiger partial charge on any atom is -0.381 e. The van der Waals surface area contributed by atoms with Gasteiger partial charge in [0.05, 0.1) is 11.4 Å². The molecule has 1 atom stereocenters. The first-order chi connectivity index (χ1) is 15.3. The van der Waals surface area contributed by atoms with Crippen molar-refractivity contribution in [3.63, 3.8) is 0 Å². The van der Waals surface area contributed by atoms with Crippen molar-refractivity contribution in [1.29, 1.82) is 0 Å². The van der Waals surface area contributed by atoms with Crippen LogP contribution in [-0.4, -0.2) is 47.9 Å². The van der Waals surface area contributed by atoms with Gasteiger partial charge in [-0.1, -0.05) is 32.4 Å². The lowest BCUT2D eigenvalue weighted by atomic mass is 9.88. The minimum absolute atomic E-state index is 0.0350. The molecule has 0 unspecified atom stereocenters. The van der Waals surface area contributed by atoms with Crippen molar-refractivity contribution in [2.45, 2.75) is 52.5 Å². The van der Waals surface area contributed by atoms with Gasteiger partial charge in [-0.3, -0.25) is 14.0 Å². The van der Waals surface area contributed by atoms with Gasteiger partial charge >= 0.3 is 10.3 Å². The number of hydrogen-bond donors (Lipinski definition) is 2. The van der Waals surface area contributed by atoms with Crippen LogP contribution in [0.25, 0.3) is 0 Å². The van der Waals surface area contributed by atoms with Crippen LogP contribution in [0.4, 0.5) is 11.4 Å². The monoisotopic (exact) mass is 498 g/mol. The van der Waals surface area contributed by atoms with Gasteiger partial charge in [-0.2, -0.15) is 13.5 Å². The molecule has 0 saturated carbocycles. The molecule has 1 aliphatic rings. The standard InChI is InChI=1S/C22H31ClN4O5S/c1-14(22(2,3)4)24-21(28)20-19(18(25-26(20)5)15-10-12-32-13-11-15)27(33(29,30)31)17-8-6-16(23)7-9-17/h6-9,14-15H,10-13H2,1-5H3,(H,24,28)(H,29,30,31)/t14-/m0/s1. The largest absolute Gasteiger partial charge is 0.381 e. The van der Waals surface area contributed by atoms with Crippen LogP contribution < -0.4 is 9.62 Å². The van der Waals surface area contributed by atoms with Crippen molar-refractivity contribution >= 4 is 39.2 Å². The van der Waals surface area contributed by atoms with Crippen molar-refractivity contribution in [2.24, 2.45) is 12.5 Å². The molecule has 1 aromatic carbocycles. The van der Waals surface area contributed by atoms with Crippen LogP contribution in [0.1, 0.15) is 62.6 Å². The first-order valence-electron chi connectivity index (χ1n) is 10.8. The van der Waals surface area contributed by atoms with E-state index in [0.717, 1.165) is 4.31 Å². The molecule has 1 aliphatic heterocycles. The normalized spacial score (nSPS) is 16.5. The van der Waals surface area contributed by atoms with Gasteiger partial charge in [-0.15, -0.1) is 0 Å². The van der Waals surface area contributed by atoms with Gasteiger partial charge in [0.25, 0.3) is 5.91 Å². The van der Waals surface area contributed by atoms with Crippen LogP contribution >= 0.6 is 11.6 Å². The van der Waals surface area contributed by atoms with Crippen LogP contribution in [0.5, 0.6) is 0 Å². The molecule has 11 heteroatoms. The zero-order chi connectivity index (χ0) is 24.6. The van der Waals surface area contributed by atoms with Gasteiger partial charge in [0, 0.05) is 37.2 Å². The molecule has 1 amide bonds. The summed E-state index contributed by atoms with van der Waals surface area (Å²) in [5, 5.41) is 7.92. The number of nitrogens with zero attached hydrogens (tertiary/aromatic N) is 3. The van der Waals surface area contributed by atoms with E-state index in [-0.39, 0.29) is 34.4 Å². The second kappa shape index (κ2) is 9.61. The van der Waals surface area contributed by atoms with E-state index >= 15 is 0 Å². The van der Waals surface area contributed by atoms with Gasteiger partial charge in [0.15, 0.2) is 5.69 Å². The molecular weight excluding hydrogens is 468 g/mol. The summed E-state index contributed by atoms with van der Waals surface area (Å²) in [5.74, 6) is -0.624. The number of benzene rings is 1. The maximum atomic E-state index is 13.4. The number of ether oxygens (including phenoxy) is 1. The summed E-state index contributed by atoms with van der Waals surface area (Å²) in [7, 11) is -3.23. The highest BCUT2D eigenvalue weighted by atomic mass is 35.5. The molecule has 182 valence electrons. The second-order valence-corrected chi connectivity index (χ2v) is 11.1. The van der Waals surface area contributed by atoms with Gasteiger partial charge in [0.2, 0.25) is 0 Å². The molecule has 0 spiro atoms. The highest BCUT2D eigenvalue weighted by Gasteiger charge is 2.37. The first-order valence-corrected chi connectivity index (χ1v) is 12.6. The number of aryl methyl sites for hydroxylation is 1. The Morgan fingerprint density at radius 3 is 2.36 bits per heavy atom. The Balaban J connectivity index is 2.22. The quantitative estimate of drug-likeness (QED) is 0.580. The summed E-state index contributed by atoms with van der Waals surface area (Å²) < 4.78 is 43.2. The third-order valence-electron chi connectivity index (χ3n) is 6.01. The van der Waals surface area contributed by atoms with Crippen LogP contribution in [0.2, 0.25) is 5.02 Å². The predicted octanol–water partition coefficient (Wildman–Crippen LogP) is 4.07. The summed E-state index contributed by atoms with van der Waals surface area (Å²) in [5.41, 5.74) is 0.410. The number of carbonyl (C=O) groups is 1. The molecule has 1 aromatic heterocycles. The Kier molecular flexibility index (Phi) is 7.42. The summed E-state index contributed by atoms with van der Waals surface area (Å²) >= 11 is 5.99. The van der Waals surface area contributed by atoms with E-state index in [1.165, 1.54) is 28.9 Å². The highest BCUT2D eigenvalue weighted by Crippen LogP contribution is 2.40. The summed E-state index contributed by atoms with van der Waals surface area (Å²) in [6, 6.07) is 5.75. The molecule has 9 nitrogen and oxygen atoms in total. The predicted molar refractivity (Wildman–Crippen MR) is 128 cm³/mol. The zero-order valence-corrected chi connectivity index (χ0v) is 21.1. The van der Waals surface area contributed by atoms with E-state index in [9.17, 15) is 17.8 Å². The van der Waals surface area contributed by atoms with Crippen molar-refractivity contribution in [3.8, 4) is 0 Å². The Hall–Kier alpha value is -2.14. The smallest absolute Gasteiger partial charge is 0.364 e. The Bertz CT molecular complexity index is 1100. The molecule has 0 bridgehead atoms. The van der Waals surface area contributed by atoms with Gasteiger partial charge in [-0.05, 0) is 49.4 Å². The van der Waals surface area contributed by atoms with Crippen molar-refractivity contribution in [2.75, 3.05) is 17.5 Å². The number of aromatic nitrogens is 2. The van der Waals surface area contributed by atoms with E-state index < -0.39 is 16.2 Å². The topological polar surface area (TPSA) is 114 Å². The summed E-state index contributed by atoms with van der Waals surface area (Å²) in [6.45, 7) is 8.86. The van der Waals surface area contributed by atoms with Crippen LogP contribution in [0.3, 0.4) is 0 Å². The van der Waals surface area contributed by atoms with Crippen molar-refractivity contribution in [3.05, 3.63) is 40.7 Å². The maximum absolute atomic E-state index is 13.4. The number of halogens is 1. The molecule has 3 rings (SSSR count). The highest BCUT2D eigenvalue weighted by molar-refractivity contribution is 7.87. The van der Waals surface area contributed by atoms with Crippen LogP contribution in [-0.2, 0) is 22.1 Å². The average Bonchev–Trinajstić information content (AvgIpc) is 3.05. The van der Waals surface area contributed by atoms with Crippen molar-refractivity contribution in [1.82, 2.24) is 15.1 Å². The fourth-order valence-corrected chi connectivity index (χ4v) is 4.59. The van der Waals surface area contributed by atoms with E-state index in [1.807, 2.05) is 27.7 Å². The Labute approximate surface area is 199 Å². The number of amides is 1. The number of carbonyl (C=O) groups excluding carboxylic acids is 1. The number of nitrogens with one attached hydrogen (secondary N) is 1. The third kappa shape index (κ3) is 5.68. The van der Waals surface area contributed by atoms with Gasteiger partial charge in [-0.25, -0.2) is 4.31 Å². The second-order valence-electron chi connectivity index (χ2n) is 9.37. The van der Waals surface area contributed by atoms with E-state index in [4.69, 9.17) is 16.3 Å². The van der Waals surface area contributed by atoms with Crippen LogP contribution in [0, 0.1) is 5.41 Å². The summed E-state index contributed by atoms with van der Waals surface area (Å²) in [4.78, 5) is 13.4. The molecule has 0 aliphatic carbocycles. The SMILES string of the molecule is C[C@H](NC(=O)c1c(N(c2ccc(Cl)cc2)S(=O)(=O)O)c(C2CCOCC2)nn1C)C(C)(C)C. The van der Waals surface area contributed by atoms with Gasteiger partial charge in [0.1, 0.15) is 5.69 Å². The maximum Gasteiger partial charge on any atom is 0.364 e. The van der Waals surface area contributed by atoms with Crippen molar-refractivity contribution < 1.29 is 22.5 Å². The number of rotatable bonds is 6. The van der Waals surface area contributed by atoms with E-state index in [1.54, 1.807) is 7.05 Å². The third-order valence-corrected chi connectivity index (χ3v) is 7.12. The first kappa shape index (κ1) is 25.5. The average molecular weight is 499 g/mol. The van der Waals surface area contributed by atoms with E-state index in [0.29, 0.717) is 36.8 Å². The molecule has 0 radical (unpaired) electrons. The lowest BCUT2D eigenvalue weighted by Gasteiger charge is -2.29. The molecular formula is C22H31ClN4O5S. The Morgan fingerprint density at radius 2 is 1.85 bits per heavy atom. The lowest BCUT2D eigenvalue weighted by molar-refractivity contribution is 0.0845. The summed E-state index contributed by atoms with van der Waals surface area (Å²) in [6.07, 6.45) is 1.23. The minimum atomic E-state index is -4.82. The molecule has 2 aromatic rings. The van der Waals surface area contributed by atoms with Crippen LogP contribution in [0.15, 0.2) is 24.3 Å².